The maximum Gasteiger partial charge on any atom is 0.0928 e. The molecule has 0 spiro atoms. The molecule has 0 aromatic carbocycles. The fraction of sp³-hybridized carbons (Fsp3) is 0.556. The Morgan fingerprint density at radius 2 is 2.18 bits per heavy atom. The summed E-state index contributed by atoms with van der Waals surface area (Å²) in [5.41, 5.74) is 1.08. The number of hydrogen-bond donors (Lipinski definition) is 0. The summed E-state index contributed by atoms with van der Waals surface area (Å²) in [6.45, 7) is 7.50. The lowest BCUT2D eigenvalue weighted by Gasteiger charge is -2.10. The molecule has 0 aliphatic rings. The molecular formula is C9H15ClO. The van der Waals surface area contributed by atoms with Gasteiger partial charge in [-0.2, -0.15) is 0 Å². The zero-order valence-corrected chi connectivity index (χ0v) is 8.11. The molecule has 0 aliphatic carbocycles. The highest BCUT2D eigenvalue weighted by Gasteiger charge is 2.07. The summed E-state index contributed by atoms with van der Waals surface area (Å²) in [5.74, 6) is 0.895. The fourth-order valence-corrected chi connectivity index (χ4v) is 0.984. The molecule has 0 amide bonds. The van der Waals surface area contributed by atoms with Crippen molar-refractivity contribution in [2.24, 2.45) is 0 Å². The third-order valence-electron chi connectivity index (χ3n) is 1.70. The molecule has 0 saturated carbocycles. The first-order chi connectivity index (χ1) is 5.13. The van der Waals surface area contributed by atoms with Crippen LogP contribution in [-0.4, -0.2) is 12.5 Å². The van der Waals surface area contributed by atoms with Gasteiger partial charge in [0.1, 0.15) is 0 Å². The average Bonchev–Trinajstić information content (AvgIpc) is 2.02. The number of halogens is 1. The summed E-state index contributed by atoms with van der Waals surface area (Å²) in [5, 5.41) is 0.0208. The number of alkyl halides is 1. The van der Waals surface area contributed by atoms with Crippen LogP contribution in [-0.2, 0) is 4.74 Å². The molecular weight excluding hydrogens is 160 g/mol. The molecule has 0 radical (unpaired) electrons. The van der Waals surface area contributed by atoms with Crippen molar-refractivity contribution in [3.8, 4) is 0 Å². The fourth-order valence-electron chi connectivity index (χ4n) is 0.705. The van der Waals surface area contributed by atoms with Crippen LogP contribution in [0.5, 0.6) is 0 Å². The summed E-state index contributed by atoms with van der Waals surface area (Å²) in [6, 6.07) is 0. The van der Waals surface area contributed by atoms with Crippen LogP contribution in [0.1, 0.15) is 20.3 Å². The van der Waals surface area contributed by atoms with Gasteiger partial charge in [-0.15, -0.1) is 18.2 Å². The van der Waals surface area contributed by atoms with Crippen molar-refractivity contribution in [2.75, 3.05) is 7.11 Å². The van der Waals surface area contributed by atoms with Gasteiger partial charge in [0.05, 0.1) is 18.2 Å². The van der Waals surface area contributed by atoms with E-state index in [0.717, 1.165) is 17.8 Å². The molecule has 0 aromatic heterocycles. The smallest absolute Gasteiger partial charge is 0.0928 e. The second-order valence-electron chi connectivity index (χ2n) is 2.44. The minimum absolute atomic E-state index is 0.0208. The Bertz CT molecular complexity index is 161. The minimum Gasteiger partial charge on any atom is -0.501 e. The summed E-state index contributed by atoms with van der Waals surface area (Å²) in [6.07, 6.45) is 2.60. The van der Waals surface area contributed by atoms with Crippen LogP contribution in [0.2, 0.25) is 0 Å². The van der Waals surface area contributed by atoms with Gasteiger partial charge >= 0.3 is 0 Å². The van der Waals surface area contributed by atoms with E-state index < -0.39 is 0 Å². The number of ether oxygens (including phenoxy) is 1. The van der Waals surface area contributed by atoms with Crippen LogP contribution in [0.15, 0.2) is 24.0 Å². The lowest BCUT2D eigenvalue weighted by molar-refractivity contribution is 0.287. The standard InChI is InChI=1S/C9H15ClO/c1-5-6-9(10)7(2)8(3)11-4/h5,9H,1,6H2,2-4H3/b8-7+. The molecule has 11 heavy (non-hydrogen) atoms. The van der Waals surface area contributed by atoms with E-state index in [1.54, 1.807) is 7.11 Å². The van der Waals surface area contributed by atoms with E-state index in [-0.39, 0.29) is 5.38 Å². The first-order valence-corrected chi connectivity index (χ1v) is 4.03. The average molecular weight is 175 g/mol. The maximum atomic E-state index is 6.00. The van der Waals surface area contributed by atoms with E-state index in [2.05, 4.69) is 6.58 Å². The van der Waals surface area contributed by atoms with Gasteiger partial charge in [0.15, 0.2) is 0 Å². The molecule has 0 saturated heterocycles. The Hall–Kier alpha value is -0.430. The number of hydrogen-bond acceptors (Lipinski definition) is 1. The molecule has 64 valence electrons. The quantitative estimate of drug-likeness (QED) is 0.362. The molecule has 0 rings (SSSR count). The molecule has 0 heterocycles. The monoisotopic (exact) mass is 174 g/mol. The van der Waals surface area contributed by atoms with Crippen molar-refractivity contribution in [3.63, 3.8) is 0 Å². The molecule has 1 unspecified atom stereocenters. The van der Waals surface area contributed by atoms with Crippen molar-refractivity contribution in [1.82, 2.24) is 0 Å². The third-order valence-corrected chi connectivity index (χ3v) is 2.21. The van der Waals surface area contributed by atoms with Gasteiger partial charge < -0.3 is 4.74 Å². The van der Waals surface area contributed by atoms with Crippen molar-refractivity contribution in [1.29, 1.82) is 0 Å². The topological polar surface area (TPSA) is 9.23 Å². The largest absolute Gasteiger partial charge is 0.501 e. The minimum atomic E-state index is 0.0208. The predicted molar refractivity (Wildman–Crippen MR) is 49.8 cm³/mol. The van der Waals surface area contributed by atoms with Gasteiger partial charge in [-0.1, -0.05) is 6.08 Å². The molecule has 1 atom stereocenters. The first-order valence-electron chi connectivity index (χ1n) is 3.59. The Balaban J connectivity index is 4.19. The summed E-state index contributed by atoms with van der Waals surface area (Å²) >= 11 is 6.00. The summed E-state index contributed by atoms with van der Waals surface area (Å²) in [4.78, 5) is 0. The maximum absolute atomic E-state index is 6.00. The van der Waals surface area contributed by atoms with Gasteiger partial charge in [0, 0.05) is 0 Å². The van der Waals surface area contributed by atoms with Crippen molar-refractivity contribution in [2.45, 2.75) is 25.6 Å². The highest BCUT2D eigenvalue weighted by molar-refractivity contribution is 6.22. The van der Waals surface area contributed by atoms with Crippen LogP contribution in [0.25, 0.3) is 0 Å². The van der Waals surface area contributed by atoms with Crippen LogP contribution in [0, 0.1) is 0 Å². The zero-order valence-electron chi connectivity index (χ0n) is 7.36. The Morgan fingerprint density at radius 3 is 2.55 bits per heavy atom. The molecule has 0 fully saturated rings. The summed E-state index contributed by atoms with van der Waals surface area (Å²) in [7, 11) is 1.65. The van der Waals surface area contributed by atoms with Gasteiger partial charge in [0.25, 0.3) is 0 Å². The highest BCUT2D eigenvalue weighted by atomic mass is 35.5. The van der Waals surface area contributed by atoms with E-state index in [9.17, 15) is 0 Å². The lowest BCUT2D eigenvalue weighted by atomic mass is 10.1. The molecule has 0 N–H and O–H groups in total. The predicted octanol–water partition coefficient (Wildman–Crippen LogP) is 3.11. The van der Waals surface area contributed by atoms with Gasteiger partial charge in [-0.25, -0.2) is 0 Å². The van der Waals surface area contributed by atoms with Gasteiger partial charge in [-0.3, -0.25) is 0 Å². The Kier molecular flexibility index (Phi) is 5.05. The van der Waals surface area contributed by atoms with Crippen molar-refractivity contribution >= 4 is 11.6 Å². The second-order valence-corrected chi connectivity index (χ2v) is 2.96. The number of allylic oxidation sites excluding steroid dienone is 3. The van der Waals surface area contributed by atoms with E-state index in [0.29, 0.717) is 0 Å². The highest BCUT2D eigenvalue weighted by Crippen LogP contribution is 2.17. The van der Waals surface area contributed by atoms with E-state index >= 15 is 0 Å². The molecule has 0 aliphatic heterocycles. The van der Waals surface area contributed by atoms with Crippen LogP contribution < -0.4 is 0 Å². The SMILES string of the molecule is C=CCC(Cl)/C(C)=C(\C)OC. The van der Waals surface area contributed by atoms with E-state index in [1.165, 1.54) is 0 Å². The van der Waals surface area contributed by atoms with Gasteiger partial charge in [-0.05, 0) is 25.8 Å². The molecule has 2 heteroatoms. The normalized spacial score (nSPS) is 15.3. The first kappa shape index (κ1) is 10.6. The Morgan fingerprint density at radius 1 is 1.64 bits per heavy atom. The van der Waals surface area contributed by atoms with E-state index in [1.807, 2.05) is 19.9 Å². The van der Waals surface area contributed by atoms with Crippen LogP contribution in [0.3, 0.4) is 0 Å². The molecule has 0 bridgehead atoms. The van der Waals surface area contributed by atoms with Crippen molar-refractivity contribution < 1.29 is 4.74 Å². The molecule has 1 nitrogen and oxygen atoms in total. The van der Waals surface area contributed by atoms with Gasteiger partial charge in [0.2, 0.25) is 0 Å². The second kappa shape index (κ2) is 5.25. The lowest BCUT2D eigenvalue weighted by Crippen LogP contribution is -2.01. The number of rotatable bonds is 4. The summed E-state index contributed by atoms with van der Waals surface area (Å²) < 4.78 is 5.04. The van der Waals surface area contributed by atoms with Crippen molar-refractivity contribution in [3.05, 3.63) is 24.0 Å². The molecule has 0 aromatic rings. The Labute approximate surface area is 73.7 Å². The number of methoxy groups -OCH3 is 1. The third kappa shape index (κ3) is 3.47. The van der Waals surface area contributed by atoms with Crippen LogP contribution >= 0.6 is 11.6 Å². The van der Waals surface area contributed by atoms with E-state index in [4.69, 9.17) is 16.3 Å². The van der Waals surface area contributed by atoms with Crippen LogP contribution in [0.4, 0.5) is 0 Å². The zero-order chi connectivity index (χ0) is 8.85.